The summed E-state index contributed by atoms with van der Waals surface area (Å²) in [6, 6.07) is 9.18. The van der Waals surface area contributed by atoms with Gasteiger partial charge in [-0.25, -0.2) is 0 Å². The van der Waals surface area contributed by atoms with E-state index in [1.165, 1.54) is 41.3 Å². The highest BCUT2D eigenvalue weighted by molar-refractivity contribution is 7.17. The fourth-order valence-corrected chi connectivity index (χ4v) is 5.25. The topological polar surface area (TPSA) is 3.24 Å². The Labute approximate surface area is 131 Å². The van der Waals surface area contributed by atoms with Gasteiger partial charge in [-0.3, -0.25) is 0 Å². The van der Waals surface area contributed by atoms with Crippen LogP contribution in [0.1, 0.15) is 31.2 Å². The lowest BCUT2D eigenvalue weighted by Gasteiger charge is -2.29. The summed E-state index contributed by atoms with van der Waals surface area (Å²) in [5, 5.41) is 3.71. The first-order chi connectivity index (χ1) is 10.2. The van der Waals surface area contributed by atoms with E-state index in [2.05, 4.69) is 48.6 Å². The molecule has 0 aliphatic heterocycles. The summed E-state index contributed by atoms with van der Waals surface area (Å²) in [6.07, 6.45) is 5.58. The number of nitrogens with zero attached hydrogens (tertiary/aromatic N) is 1. The van der Waals surface area contributed by atoms with Crippen LogP contribution in [0.25, 0.3) is 15.7 Å². The van der Waals surface area contributed by atoms with E-state index in [0.29, 0.717) is 0 Å². The zero-order valence-electron chi connectivity index (χ0n) is 12.9. The van der Waals surface area contributed by atoms with Gasteiger partial charge in [-0.15, -0.1) is 11.3 Å². The largest absolute Gasteiger partial charge is 0.305 e. The molecule has 1 aromatic carbocycles. The molecule has 2 aliphatic carbocycles. The van der Waals surface area contributed by atoms with Crippen molar-refractivity contribution in [2.45, 2.75) is 25.7 Å². The van der Waals surface area contributed by atoms with Crippen molar-refractivity contribution in [3.8, 4) is 0 Å². The second-order valence-electron chi connectivity index (χ2n) is 6.97. The molecule has 0 radical (unpaired) electrons. The maximum Gasteiger partial charge on any atom is 0.0348 e. The highest BCUT2D eigenvalue weighted by Crippen LogP contribution is 2.50. The molecular weight excluding hydrogens is 274 g/mol. The van der Waals surface area contributed by atoms with Crippen LogP contribution >= 0.6 is 11.3 Å². The summed E-state index contributed by atoms with van der Waals surface area (Å²) in [4.78, 5) is 2.34. The lowest BCUT2D eigenvalue weighted by molar-refractivity contribution is 0.413. The first-order valence-corrected chi connectivity index (χ1v) is 8.93. The van der Waals surface area contributed by atoms with Gasteiger partial charge in [0.15, 0.2) is 0 Å². The van der Waals surface area contributed by atoms with Gasteiger partial charge in [0, 0.05) is 11.2 Å². The third-order valence-corrected chi connectivity index (χ3v) is 6.04. The number of allylic oxidation sites excluding steroid dienone is 1. The molecule has 0 amide bonds. The zero-order valence-corrected chi connectivity index (χ0v) is 13.7. The average Bonchev–Trinajstić information content (AvgIpc) is 3.05. The number of likely N-dealkylation sites (N-methyl/N-ethyl adjacent to an activating group) is 1. The molecule has 1 fully saturated rings. The van der Waals surface area contributed by atoms with Gasteiger partial charge in [-0.1, -0.05) is 17.7 Å². The Morgan fingerprint density at radius 3 is 2.95 bits per heavy atom. The van der Waals surface area contributed by atoms with Crippen LogP contribution in [0.4, 0.5) is 0 Å². The third-order valence-electron chi connectivity index (χ3n) is 5.16. The van der Waals surface area contributed by atoms with Crippen LogP contribution in [0, 0.1) is 11.8 Å². The van der Waals surface area contributed by atoms with Crippen molar-refractivity contribution in [3.63, 3.8) is 0 Å². The normalized spacial score (nSPS) is 25.3. The van der Waals surface area contributed by atoms with Crippen LogP contribution in [-0.4, -0.2) is 25.5 Å². The van der Waals surface area contributed by atoms with Crippen molar-refractivity contribution < 1.29 is 0 Å². The molecule has 1 nitrogen and oxygen atoms in total. The third kappa shape index (κ3) is 2.35. The van der Waals surface area contributed by atoms with E-state index in [0.717, 1.165) is 18.4 Å². The highest BCUT2D eigenvalue weighted by Gasteiger charge is 2.35. The van der Waals surface area contributed by atoms with Crippen molar-refractivity contribution in [3.05, 3.63) is 40.8 Å². The summed E-state index contributed by atoms with van der Waals surface area (Å²) in [5.41, 5.74) is 4.93. The van der Waals surface area contributed by atoms with E-state index in [-0.39, 0.29) is 0 Å². The molecule has 2 bridgehead atoms. The number of thiophene rings is 1. The second kappa shape index (κ2) is 5.26. The molecule has 0 N–H and O–H groups in total. The Morgan fingerprint density at radius 2 is 2.10 bits per heavy atom. The molecule has 4 rings (SSSR count). The van der Waals surface area contributed by atoms with Gasteiger partial charge in [-0.05, 0) is 85.7 Å². The number of rotatable bonds is 3. The lowest BCUT2D eigenvalue weighted by Crippen LogP contribution is -2.21. The highest BCUT2D eigenvalue weighted by atomic mass is 32.1. The van der Waals surface area contributed by atoms with Gasteiger partial charge in [0.25, 0.3) is 0 Å². The van der Waals surface area contributed by atoms with Crippen LogP contribution in [-0.2, 0) is 0 Å². The molecule has 2 heteroatoms. The van der Waals surface area contributed by atoms with Crippen molar-refractivity contribution in [1.29, 1.82) is 0 Å². The Bertz CT molecular complexity index is 694. The Balaban J connectivity index is 1.89. The minimum absolute atomic E-state index is 0.809. The van der Waals surface area contributed by atoms with E-state index >= 15 is 0 Å². The molecule has 110 valence electrons. The summed E-state index contributed by atoms with van der Waals surface area (Å²) in [5.74, 6) is 1.76. The predicted molar refractivity (Wildman–Crippen MR) is 92.7 cm³/mol. The minimum Gasteiger partial charge on any atom is -0.305 e. The van der Waals surface area contributed by atoms with Crippen LogP contribution in [0.2, 0.25) is 0 Å². The van der Waals surface area contributed by atoms with Crippen LogP contribution < -0.4 is 0 Å². The molecule has 2 aliphatic rings. The summed E-state index contributed by atoms with van der Waals surface area (Å²) in [6.45, 7) is 1.13. The molecule has 2 unspecified atom stereocenters. The fourth-order valence-electron chi connectivity index (χ4n) is 4.44. The van der Waals surface area contributed by atoms with Crippen molar-refractivity contribution in [2.24, 2.45) is 11.8 Å². The van der Waals surface area contributed by atoms with Crippen molar-refractivity contribution in [2.75, 3.05) is 20.6 Å². The molecule has 0 saturated heterocycles. The monoisotopic (exact) mass is 297 g/mol. The molecular formula is C19H23NS. The molecule has 21 heavy (non-hydrogen) atoms. The molecule has 1 aromatic heterocycles. The van der Waals surface area contributed by atoms with Crippen LogP contribution in [0.15, 0.2) is 35.2 Å². The predicted octanol–water partition coefficient (Wildman–Crippen LogP) is 5.04. The summed E-state index contributed by atoms with van der Waals surface area (Å²) in [7, 11) is 4.40. The number of hydrogen-bond acceptors (Lipinski definition) is 2. The first-order valence-electron chi connectivity index (χ1n) is 8.05. The number of fused-ring (bicyclic) bond motifs is 3. The van der Waals surface area contributed by atoms with Gasteiger partial charge in [0.1, 0.15) is 0 Å². The second-order valence-corrected chi connectivity index (χ2v) is 7.92. The smallest absolute Gasteiger partial charge is 0.0348 e. The fraction of sp³-hybridized carbons (Fsp3) is 0.474. The van der Waals surface area contributed by atoms with E-state index < -0.39 is 0 Å². The quantitative estimate of drug-likeness (QED) is 0.767. The van der Waals surface area contributed by atoms with Gasteiger partial charge < -0.3 is 4.90 Å². The van der Waals surface area contributed by atoms with Gasteiger partial charge in [-0.2, -0.15) is 0 Å². The van der Waals surface area contributed by atoms with Crippen molar-refractivity contribution in [1.82, 2.24) is 4.90 Å². The standard InChI is InChI=1S/C19H23NS/c1-20(2)12-15-11-13-6-7-14(10-13)19(15)17-4-3-5-18-16(17)8-9-21-18/h3-5,8-9,13-14H,6-7,10-12H2,1-2H3. The summed E-state index contributed by atoms with van der Waals surface area (Å²) < 4.78 is 1.43. The zero-order chi connectivity index (χ0) is 14.4. The van der Waals surface area contributed by atoms with Gasteiger partial charge in [0.05, 0.1) is 0 Å². The lowest BCUT2D eigenvalue weighted by atomic mass is 9.79. The minimum atomic E-state index is 0.809. The maximum absolute atomic E-state index is 2.36. The van der Waals surface area contributed by atoms with E-state index in [9.17, 15) is 0 Å². The first kappa shape index (κ1) is 13.5. The van der Waals surface area contributed by atoms with E-state index in [1.807, 2.05) is 11.3 Å². The van der Waals surface area contributed by atoms with Crippen LogP contribution in [0.3, 0.4) is 0 Å². The SMILES string of the molecule is CN(C)CC1=C(c2cccc3sccc23)C2CCC(C1)C2. The van der Waals surface area contributed by atoms with E-state index in [1.54, 1.807) is 11.1 Å². The van der Waals surface area contributed by atoms with E-state index in [4.69, 9.17) is 0 Å². The number of benzene rings is 1. The van der Waals surface area contributed by atoms with Crippen molar-refractivity contribution >= 4 is 27.0 Å². The molecule has 0 spiro atoms. The van der Waals surface area contributed by atoms with Gasteiger partial charge >= 0.3 is 0 Å². The summed E-state index contributed by atoms with van der Waals surface area (Å²) >= 11 is 1.87. The molecule has 2 atom stereocenters. The Hall–Kier alpha value is -1.12. The molecule has 2 aromatic rings. The molecule has 1 heterocycles. The number of hydrogen-bond donors (Lipinski definition) is 0. The Morgan fingerprint density at radius 1 is 1.19 bits per heavy atom. The maximum atomic E-state index is 2.36. The Kier molecular flexibility index (Phi) is 3.39. The average molecular weight is 297 g/mol. The van der Waals surface area contributed by atoms with Gasteiger partial charge in [0.2, 0.25) is 0 Å². The van der Waals surface area contributed by atoms with Crippen LogP contribution in [0.5, 0.6) is 0 Å². The molecule has 1 saturated carbocycles.